The van der Waals surface area contributed by atoms with Crippen molar-refractivity contribution in [2.45, 2.75) is 139 Å². The molecule has 0 N–H and O–H groups in total. The third-order valence-corrected chi connectivity index (χ3v) is 28.8. The molecular weight excluding hydrogens is 1660 g/mol. The van der Waals surface area contributed by atoms with Crippen molar-refractivity contribution in [1.82, 2.24) is 24.5 Å². The summed E-state index contributed by atoms with van der Waals surface area (Å²) in [5.41, 5.74) is 22.1. The molecule has 136 heavy (non-hydrogen) atoms. The Morgan fingerprint density at radius 1 is 0.243 bits per heavy atom. The molecule has 0 radical (unpaired) electrons. The first kappa shape index (κ1) is 97.8. The molecule has 15 aromatic carbocycles. The fourth-order valence-electron chi connectivity index (χ4n) is 22.0. The van der Waals surface area contributed by atoms with Gasteiger partial charge in [0.05, 0.1) is 56.1 Å². The van der Waals surface area contributed by atoms with Gasteiger partial charge in [0.15, 0.2) is 0 Å². The van der Waals surface area contributed by atoms with Crippen LogP contribution in [0, 0.1) is 26.7 Å². The summed E-state index contributed by atoms with van der Waals surface area (Å²) in [7, 11) is 9.12. The Labute approximate surface area is 813 Å². The molecular formula is C127H141N5O4. The lowest BCUT2D eigenvalue weighted by Crippen LogP contribution is -2.50. The van der Waals surface area contributed by atoms with E-state index in [9.17, 15) is 0 Å². The molecule has 4 heterocycles. The van der Waals surface area contributed by atoms with Gasteiger partial charge in [-0.15, -0.1) is 0 Å². The number of benzene rings is 15. The van der Waals surface area contributed by atoms with E-state index in [2.05, 4.69) is 479 Å². The van der Waals surface area contributed by atoms with Gasteiger partial charge < -0.3 is 18.9 Å². The van der Waals surface area contributed by atoms with Crippen molar-refractivity contribution in [3.63, 3.8) is 0 Å². The predicted molar refractivity (Wildman–Crippen MR) is 566 cm³/mol. The van der Waals surface area contributed by atoms with Gasteiger partial charge in [0.1, 0.15) is 23.0 Å². The minimum Gasteiger partial charge on any atom is -0.497 e. The average Bonchev–Trinajstić information content (AvgIpc) is 0.877. The van der Waals surface area contributed by atoms with Gasteiger partial charge in [-0.3, -0.25) is 24.5 Å². The molecule has 15 aromatic rings. The van der Waals surface area contributed by atoms with Crippen molar-refractivity contribution in [2.24, 2.45) is 5.92 Å². The van der Waals surface area contributed by atoms with Crippen LogP contribution in [0.1, 0.15) is 191 Å². The largest absolute Gasteiger partial charge is 0.497 e. The van der Waals surface area contributed by atoms with Gasteiger partial charge >= 0.3 is 0 Å². The van der Waals surface area contributed by atoms with Crippen LogP contribution in [0.5, 0.6) is 23.0 Å². The van der Waals surface area contributed by atoms with E-state index in [-0.39, 0.29) is 27.7 Å². The molecule has 0 spiro atoms. The number of hydrogen-bond donors (Lipinski definition) is 0. The first-order valence-corrected chi connectivity index (χ1v) is 49.7. The molecule has 4 saturated heterocycles. The van der Waals surface area contributed by atoms with Crippen molar-refractivity contribution in [1.29, 1.82) is 0 Å². The van der Waals surface area contributed by atoms with Crippen molar-refractivity contribution < 1.29 is 18.9 Å². The quantitative estimate of drug-likeness (QED) is 0.0469. The summed E-state index contributed by atoms with van der Waals surface area (Å²) in [6.45, 7) is 21.0. The monoisotopic (exact) mass is 1800 g/mol. The normalized spacial score (nSPS) is 15.5. The summed E-state index contributed by atoms with van der Waals surface area (Å²) >= 11 is 0. The lowest BCUT2D eigenvalue weighted by Gasteiger charge is -2.47. The third-order valence-electron chi connectivity index (χ3n) is 28.8. The second-order valence-electron chi connectivity index (χ2n) is 37.3. The van der Waals surface area contributed by atoms with E-state index in [1.807, 2.05) is 0 Å². The van der Waals surface area contributed by atoms with Crippen LogP contribution in [0.3, 0.4) is 0 Å². The first-order valence-electron chi connectivity index (χ1n) is 49.7. The second kappa shape index (κ2) is 47.7. The van der Waals surface area contributed by atoms with E-state index in [0.717, 1.165) is 94.2 Å². The molecule has 9 heteroatoms. The Morgan fingerprint density at radius 2 is 0.434 bits per heavy atom. The van der Waals surface area contributed by atoms with Gasteiger partial charge in [-0.05, 0) is 269 Å². The molecule has 9 nitrogen and oxygen atoms in total. The Kier molecular flexibility index (Phi) is 34.3. The van der Waals surface area contributed by atoms with Crippen LogP contribution in [0.2, 0.25) is 0 Å². The van der Waals surface area contributed by atoms with Crippen LogP contribution >= 0.6 is 0 Å². The molecule has 0 bridgehead atoms. The SMILES string of the molecule is CCCCN(C)C(c1ccccc1)(c1ccc(C)cc1)c1ccc(OC)cc1.COc1ccc(C(c2ccc(C)cc2)(c2ccc(OC)cc2)N2CCCCC2)cc1.COc1ccc(C(c2ccccc2)(c2ccccc2)N2CCCCC2)cc1.C[C@@H]1CCN(C(c2ccccc2)(c2ccccc2)c2ccccc2)C1.Cc1ccc(C(c2ccccc2)(c2ccccc2)N2CCCCC2)cc1. The van der Waals surface area contributed by atoms with Crippen molar-refractivity contribution >= 4 is 0 Å². The fourth-order valence-corrected chi connectivity index (χ4v) is 22.0. The van der Waals surface area contributed by atoms with Gasteiger partial charge in [0.2, 0.25) is 0 Å². The highest BCUT2D eigenvalue weighted by Crippen LogP contribution is 2.51. The van der Waals surface area contributed by atoms with Crippen LogP contribution in [0.15, 0.2) is 413 Å². The molecule has 2 atom stereocenters. The number of ether oxygens (including phenoxy) is 4. The minimum atomic E-state index is -0.355. The van der Waals surface area contributed by atoms with E-state index >= 15 is 0 Å². The number of nitrogens with zero attached hydrogens (tertiary/aromatic N) is 5. The second-order valence-corrected chi connectivity index (χ2v) is 37.3. The Hall–Kier alpha value is -12.7. The van der Waals surface area contributed by atoms with Crippen LogP contribution < -0.4 is 18.9 Å². The number of piperidine rings is 3. The third kappa shape index (κ3) is 21.4. The number of hydrogen-bond acceptors (Lipinski definition) is 9. The van der Waals surface area contributed by atoms with Crippen molar-refractivity contribution in [3.05, 3.63) is 513 Å². The maximum atomic E-state index is 5.45. The zero-order valence-electron chi connectivity index (χ0n) is 82.1. The molecule has 4 fully saturated rings. The number of rotatable bonds is 27. The van der Waals surface area contributed by atoms with Gasteiger partial charge in [-0.25, -0.2) is 0 Å². The molecule has 0 amide bonds. The lowest BCUT2D eigenvalue weighted by atomic mass is 9.74. The molecule has 4 aliphatic rings. The fraction of sp³-hybridized carbons (Fsp3) is 0.291. The predicted octanol–water partition coefficient (Wildman–Crippen LogP) is 28.4. The maximum Gasteiger partial charge on any atom is 0.118 e. The maximum absolute atomic E-state index is 5.45. The van der Waals surface area contributed by atoms with Gasteiger partial charge in [0.25, 0.3) is 0 Å². The number of aryl methyl sites for hydroxylation is 3. The van der Waals surface area contributed by atoms with E-state index in [4.69, 9.17) is 18.9 Å². The highest BCUT2D eigenvalue weighted by molar-refractivity contribution is 5.58. The molecule has 19 rings (SSSR count). The average molecular weight is 1800 g/mol. The van der Waals surface area contributed by atoms with Gasteiger partial charge in [-0.2, -0.15) is 0 Å². The summed E-state index contributed by atoms with van der Waals surface area (Å²) in [6, 6.07) is 149. The van der Waals surface area contributed by atoms with Crippen molar-refractivity contribution in [2.75, 3.05) is 94.4 Å². The van der Waals surface area contributed by atoms with Gasteiger partial charge in [-0.1, -0.05) is 420 Å². The number of likely N-dealkylation sites (tertiary alicyclic amines) is 4. The highest BCUT2D eigenvalue weighted by atomic mass is 16.5. The lowest BCUT2D eigenvalue weighted by molar-refractivity contribution is 0.127. The van der Waals surface area contributed by atoms with Gasteiger partial charge in [0, 0.05) is 6.54 Å². The molecule has 4 aliphatic heterocycles. The van der Waals surface area contributed by atoms with E-state index in [1.54, 1.807) is 28.4 Å². The highest BCUT2D eigenvalue weighted by Gasteiger charge is 2.48. The van der Waals surface area contributed by atoms with E-state index in [1.165, 1.54) is 171 Å². The number of unbranched alkanes of at least 4 members (excludes halogenated alkanes) is 1. The summed E-state index contributed by atoms with van der Waals surface area (Å²) in [4.78, 5) is 13.2. The molecule has 698 valence electrons. The molecule has 0 aliphatic carbocycles. The Balaban J connectivity index is 0.000000129. The zero-order chi connectivity index (χ0) is 94.4. The van der Waals surface area contributed by atoms with Crippen LogP contribution in [-0.2, 0) is 27.7 Å². The van der Waals surface area contributed by atoms with Crippen LogP contribution in [0.25, 0.3) is 0 Å². The summed E-state index contributed by atoms with van der Waals surface area (Å²) < 4.78 is 21.8. The van der Waals surface area contributed by atoms with E-state index in [0.29, 0.717) is 0 Å². The summed E-state index contributed by atoms with van der Waals surface area (Å²) in [6.07, 6.45) is 15.0. The standard InChI is InChI=1S/C27H31NO2.C26H31NO.C25H27NO.C25H27N.C24H25N/c1-21-7-9-22(10-8-21)27(28-19-5-4-6-20-28,23-11-15-25(29-2)16-12-23)24-13-17-26(30-3)18-14-24;1-5-6-20-27(3)26(22-10-8-7-9-11-22,23-14-12-21(2)13-15-23)24-16-18-25(28-4)19-17-24;1-27-24-17-15-23(16-18-24)25(21-11-5-2-6-12-21,22-13-7-3-8-14-22)26-19-9-4-10-20-26;1-21-15-17-24(18-16-21)25(22-11-5-2-6-12-22,23-13-7-3-8-14-23)26-19-9-4-10-20-26;1-20-17-18-25(19-20)24(21-11-5-2-6-12-21,22-13-7-3-8-14-22)23-15-9-4-10-16-23/h7-18H,4-6,19-20H2,1-3H3;7-19H,5-6,20H2,1-4H3;2-3,5-8,11-18H,4,9-10,19-20H2,1H3;2-3,5-8,11-18H,4,9-10,19-20H2,1H3;2-16,20H,17-19H2,1H3/t;;;;20-/m....1/s1. The van der Waals surface area contributed by atoms with Crippen LogP contribution in [-0.4, -0.2) is 119 Å². The van der Waals surface area contributed by atoms with Crippen LogP contribution in [0.4, 0.5) is 0 Å². The Morgan fingerprint density at radius 3 is 0.647 bits per heavy atom. The summed E-state index contributed by atoms with van der Waals surface area (Å²) in [5.74, 6) is 4.27. The number of methoxy groups -OCH3 is 4. The molecule has 0 aromatic heterocycles. The smallest absolute Gasteiger partial charge is 0.118 e. The first-order chi connectivity index (χ1) is 66.8. The summed E-state index contributed by atoms with van der Waals surface area (Å²) in [5, 5.41) is 0. The van der Waals surface area contributed by atoms with Crippen molar-refractivity contribution in [3.8, 4) is 23.0 Å². The topological polar surface area (TPSA) is 53.1 Å². The molecule has 1 unspecified atom stereocenters. The molecule has 0 saturated carbocycles. The minimum absolute atomic E-state index is 0.226. The van der Waals surface area contributed by atoms with E-state index < -0.39 is 0 Å². The zero-order valence-corrected chi connectivity index (χ0v) is 82.1. The Bertz CT molecular complexity index is 5760.